The van der Waals surface area contributed by atoms with Gasteiger partial charge in [0.2, 0.25) is 5.91 Å². The van der Waals surface area contributed by atoms with E-state index in [-0.39, 0.29) is 17.3 Å². The molecule has 2 rings (SSSR count). The number of para-hydroxylation sites is 1. The van der Waals surface area contributed by atoms with Crippen molar-refractivity contribution < 1.29 is 9.18 Å². The molecule has 0 atom stereocenters. The Balaban J connectivity index is 1.99. The molecule has 0 bridgehead atoms. The molecule has 4 heteroatoms. The van der Waals surface area contributed by atoms with Crippen molar-refractivity contribution in [3.05, 3.63) is 24.0 Å². The third-order valence-electron chi connectivity index (χ3n) is 3.01. The van der Waals surface area contributed by atoms with E-state index in [1.807, 2.05) is 0 Å². The van der Waals surface area contributed by atoms with Gasteiger partial charge in [-0.3, -0.25) is 4.79 Å². The van der Waals surface area contributed by atoms with Crippen molar-refractivity contribution >= 4 is 17.3 Å². The van der Waals surface area contributed by atoms with Gasteiger partial charge in [-0.2, -0.15) is 0 Å². The number of nitrogen functional groups attached to an aromatic ring is 1. The lowest BCUT2D eigenvalue weighted by atomic mass is 9.83. The minimum atomic E-state index is -0.484. The second-order valence-corrected chi connectivity index (χ2v) is 4.25. The van der Waals surface area contributed by atoms with Crippen molar-refractivity contribution in [1.82, 2.24) is 0 Å². The summed E-state index contributed by atoms with van der Waals surface area (Å²) < 4.78 is 13.3. The zero-order chi connectivity index (χ0) is 11.5. The number of rotatable bonds is 3. The molecule has 1 aliphatic carbocycles. The summed E-state index contributed by atoms with van der Waals surface area (Å²) in [6.45, 7) is 0. The number of benzene rings is 1. The summed E-state index contributed by atoms with van der Waals surface area (Å²) in [6.07, 6.45) is 3.86. The van der Waals surface area contributed by atoms with E-state index in [1.165, 1.54) is 18.6 Å². The zero-order valence-corrected chi connectivity index (χ0v) is 9.00. The zero-order valence-electron chi connectivity index (χ0n) is 9.00. The molecular formula is C12H15FN2O. The minimum absolute atomic E-state index is 0.104. The van der Waals surface area contributed by atoms with Gasteiger partial charge in [-0.05, 0) is 30.9 Å². The van der Waals surface area contributed by atoms with Crippen LogP contribution in [0.1, 0.15) is 25.7 Å². The highest BCUT2D eigenvalue weighted by atomic mass is 19.1. The van der Waals surface area contributed by atoms with E-state index in [1.54, 1.807) is 6.07 Å². The number of carbonyl (C=O) groups excluding carboxylic acids is 1. The Labute approximate surface area is 93.8 Å². The van der Waals surface area contributed by atoms with Gasteiger partial charge in [0.1, 0.15) is 11.5 Å². The standard InChI is InChI=1S/C12H15FN2O/c13-9-5-2-6-10(14)12(9)15-11(16)7-8-3-1-4-8/h2,5-6,8H,1,3-4,7,14H2,(H,15,16). The molecule has 0 radical (unpaired) electrons. The van der Waals surface area contributed by atoms with E-state index in [9.17, 15) is 9.18 Å². The monoisotopic (exact) mass is 222 g/mol. The van der Waals surface area contributed by atoms with E-state index in [0.717, 1.165) is 12.8 Å². The fourth-order valence-electron chi connectivity index (χ4n) is 1.82. The molecule has 3 nitrogen and oxygen atoms in total. The highest BCUT2D eigenvalue weighted by Crippen LogP contribution is 2.30. The van der Waals surface area contributed by atoms with Crippen molar-refractivity contribution in [3.8, 4) is 0 Å². The van der Waals surface area contributed by atoms with Crippen LogP contribution in [-0.2, 0) is 4.79 Å². The molecule has 0 unspecified atom stereocenters. The van der Waals surface area contributed by atoms with Crippen LogP contribution in [0.2, 0.25) is 0 Å². The number of carbonyl (C=O) groups is 1. The van der Waals surface area contributed by atoms with Gasteiger partial charge in [-0.25, -0.2) is 4.39 Å². The van der Waals surface area contributed by atoms with Crippen molar-refractivity contribution in [2.75, 3.05) is 11.1 Å². The quantitative estimate of drug-likeness (QED) is 0.772. The topological polar surface area (TPSA) is 55.1 Å². The SMILES string of the molecule is Nc1cccc(F)c1NC(=O)CC1CCC1. The number of nitrogens with two attached hydrogens (primary N) is 1. The Hall–Kier alpha value is -1.58. The van der Waals surface area contributed by atoms with Crippen molar-refractivity contribution in [1.29, 1.82) is 0 Å². The van der Waals surface area contributed by atoms with E-state index >= 15 is 0 Å². The third-order valence-corrected chi connectivity index (χ3v) is 3.01. The molecular weight excluding hydrogens is 207 g/mol. The molecule has 1 aromatic carbocycles. The number of amides is 1. The Morgan fingerprint density at radius 1 is 1.50 bits per heavy atom. The average molecular weight is 222 g/mol. The van der Waals surface area contributed by atoms with Gasteiger partial charge < -0.3 is 11.1 Å². The highest BCUT2D eigenvalue weighted by Gasteiger charge is 2.21. The maximum atomic E-state index is 13.3. The normalized spacial score (nSPS) is 15.6. The Kier molecular flexibility index (Phi) is 3.08. The molecule has 0 saturated heterocycles. The molecule has 86 valence electrons. The fourth-order valence-corrected chi connectivity index (χ4v) is 1.82. The summed E-state index contributed by atoms with van der Waals surface area (Å²) in [6, 6.07) is 4.38. The second kappa shape index (κ2) is 4.51. The van der Waals surface area contributed by atoms with Crippen LogP contribution in [0, 0.1) is 11.7 Å². The van der Waals surface area contributed by atoms with Gasteiger partial charge in [-0.15, -0.1) is 0 Å². The molecule has 0 spiro atoms. The number of hydrogen-bond donors (Lipinski definition) is 2. The molecule has 1 saturated carbocycles. The first-order valence-corrected chi connectivity index (χ1v) is 5.50. The van der Waals surface area contributed by atoms with E-state index in [4.69, 9.17) is 5.73 Å². The van der Waals surface area contributed by atoms with Crippen LogP contribution in [0.25, 0.3) is 0 Å². The summed E-state index contributed by atoms with van der Waals surface area (Å²) in [4.78, 5) is 11.6. The second-order valence-electron chi connectivity index (χ2n) is 4.25. The molecule has 1 aliphatic rings. The Morgan fingerprint density at radius 3 is 2.81 bits per heavy atom. The van der Waals surface area contributed by atoms with Crippen molar-refractivity contribution in [2.45, 2.75) is 25.7 Å². The Bertz CT molecular complexity index is 382. The predicted molar refractivity (Wildman–Crippen MR) is 61.4 cm³/mol. The van der Waals surface area contributed by atoms with Crippen molar-refractivity contribution in [2.24, 2.45) is 5.92 Å². The number of halogens is 1. The lowest BCUT2D eigenvalue weighted by Gasteiger charge is -2.24. The molecule has 0 aromatic heterocycles. The Morgan fingerprint density at radius 2 is 2.25 bits per heavy atom. The average Bonchev–Trinajstić information content (AvgIpc) is 2.18. The van der Waals surface area contributed by atoms with Crippen molar-refractivity contribution in [3.63, 3.8) is 0 Å². The summed E-state index contributed by atoms with van der Waals surface area (Å²) in [5.41, 5.74) is 5.96. The minimum Gasteiger partial charge on any atom is -0.397 e. The van der Waals surface area contributed by atoms with Crippen LogP contribution in [0.3, 0.4) is 0 Å². The molecule has 3 N–H and O–H groups in total. The first-order valence-electron chi connectivity index (χ1n) is 5.50. The third kappa shape index (κ3) is 2.32. The summed E-state index contributed by atoms with van der Waals surface area (Å²) >= 11 is 0. The van der Waals surface area contributed by atoms with E-state index in [2.05, 4.69) is 5.32 Å². The molecule has 1 aromatic rings. The van der Waals surface area contributed by atoms with Gasteiger partial charge in [-0.1, -0.05) is 12.5 Å². The molecule has 0 heterocycles. The lowest BCUT2D eigenvalue weighted by Crippen LogP contribution is -2.21. The van der Waals surface area contributed by atoms with Gasteiger partial charge >= 0.3 is 0 Å². The van der Waals surface area contributed by atoms with Gasteiger partial charge in [0.25, 0.3) is 0 Å². The first kappa shape index (κ1) is 10.9. The maximum absolute atomic E-state index is 13.3. The summed E-state index contributed by atoms with van der Waals surface area (Å²) in [5, 5.41) is 2.54. The van der Waals surface area contributed by atoms with E-state index in [0.29, 0.717) is 12.3 Å². The fraction of sp³-hybridized carbons (Fsp3) is 0.417. The van der Waals surface area contributed by atoms with Crippen LogP contribution in [0.5, 0.6) is 0 Å². The molecule has 1 amide bonds. The number of anilines is 2. The number of hydrogen-bond acceptors (Lipinski definition) is 2. The van der Waals surface area contributed by atoms with Crippen LogP contribution < -0.4 is 11.1 Å². The first-order chi connectivity index (χ1) is 7.66. The lowest BCUT2D eigenvalue weighted by molar-refractivity contribution is -0.117. The highest BCUT2D eigenvalue weighted by molar-refractivity contribution is 5.94. The van der Waals surface area contributed by atoms with Gasteiger partial charge in [0.05, 0.1) is 5.69 Å². The largest absolute Gasteiger partial charge is 0.397 e. The smallest absolute Gasteiger partial charge is 0.224 e. The summed E-state index contributed by atoms with van der Waals surface area (Å²) in [5.74, 6) is -0.170. The van der Waals surface area contributed by atoms with Crippen LogP contribution in [0.4, 0.5) is 15.8 Å². The maximum Gasteiger partial charge on any atom is 0.224 e. The molecule has 16 heavy (non-hydrogen) atoms. The van der Waals surface area contributed by atoms with Gasteiger partial charge in [0.15, 0.2) is 0 Å². The predicted octanol–water partition coefficient (Wildman–Crippen LogP) is 2.54. The molecule has 1 fully saturated rings. The molecule has 0 aliphatic heterocycles. The van der Waals surface area contributed by atoms with Crippen LogP contribution in [0.15, 0.2) is 18.2 Å². The van der Waals surface area contributed by atoms with Crippen LogP contribution >= 0.6 is 0 Å². The number of nitrogens with one attached hydrogen (secondary N) is 1. The van der Waals surface area contributed by atoms with Gasteiger partial charge in [0, 0.05) is 6.42 Å². The summed E-state index contributed by atoms with van der Waals surface area (Å²) in [7, 11) is 0. The van der Waals surface area contributed by atoms with Crippen LogP contribution in [-0.4, -0.2) is 5.91 Å². The van der Waals surface area contributed by atoms with E-state index < -0.39 is 5.82 Å².